The van der Waals surface area contributed by atoms with E-state index in [1.54, 1.807) is 0 Å². The molecule has 1 aromatic rings. The fourth-order valence-electron chi connectivity index (χ4n) is 1.63. The molecule has 0 amide bonds. The van der Waals surface area contributed by atoms with Gasteiger partial charge in [0.25, 0.3) is 0 Å². The normalized spacial score (nSPS) is 16.0. The van der Waals surface area contributed by atoms with Crippen LogP contribution in [0.5, 0.6) is 0 Å². The largest absolute Gasteiger partial charge is 0.481 e. The van der Waals surface area contributed by atoms with Crippen molar-refractivity contribution in [1.29, 1.82) is 0 Å². The minimum Gasteiger partial charge on any atom is -0.481 e. The third-order valence-electron chi connectivity index (χ3n) is 2.62. The van der Waals surface area contributed by atoms with Gasteiger partial charge in [-0.1, -0.05) is 30.0 Å². The van der Waals surface area contributed by atoms with Gasteiger partial charge >= 0.3 is 5.97 Å². The molecule has 82 valence electrons. The second-order valence-electron chi connectivity index (χ2n) is 3.90. The van der Waals surface area contributed by atoms with Crippen molar-refractivity contribution in [3.05, 3.63) is 35.9 Å². The highest BCUT2D eigenvalue weighted by atomic mass is 16.4. The maximum absolute atomic E-state index is 10.6. The molecule has 3 nitrogen and oxygen atoms in total. The van der Waals surface area contributed by atoms with Crippen molar-refractivity contribution >= 4 is 5.97 Å². The van der Waals surface area contributed by atoms with Gasteiger partial charge in [0.05, 0.1) is 12.5 Å². The van der Waals surface area contributed by atoms with Gasteiger partial charge in [0.15, 0.2) is 0 Å². The summed E-state index contributed by atoms with van der Waals surface area (Å²) in [5.41, 5.74) is 0.998. The molecule has 1 aliphatic rings. The number of benzene rings is 1. The van der Waals surface area contributed by atoms with E-state index in [0.717, 1.165) is 5.56 Å². The Morgan fingerprint density at radius 3 is 2.69 bits per heavy atom. The molecule has 1 fully saturated rings. The van der Waals surface area contributed by atoms with Crippen LogP contribution in [0.4, 0.5) is 0 Å². The first-order valence-electron chi connectivity index (χ1n) is 5.25. The Bertz CT molecular complexity index is 424. The summed E-state index contributed by atoms with van der Waals surface area (Å²) in [6.07, 6.45) is 0. The van der Waals surface area contributed by atoms with Crippen LogP contribution in [0.2, 0.25) is 0 Å². The molecule has 1 N–H and O–H groups in total. The molecule has 1 aromatic carbocycles. The van der Waals surface area contributed by atoms with Gasteiger partial charge in [-0.2, -0.15) is 0 Å². The van der Waals surface area contributed by atoms with Crippen molar-refractivity contribution in [2.24, 2.45) is 5.92 Å². The highest BCUT2D eigenvalue weighted by molar-refractivity contribution is 5.71. The van der Waals surface area contributed by atoms with Crippen LogP contribution in [0.25, 0.3) is 0 Å². The predicted molar refractivity (Wildman–Crippen MR) is 60.9 cm³/mol. The number of likely N-dealkylation sites (tertiary alicyclic amines) is 1. The molecule has 16 heavy (non-hydrogen) atoms. The Labute approximate surface area is 94.7 Å². The van der Waals surface area contributed by atoms with E-state index in [0.29, 0.717) is 19.6 Å². The van der Waals surface area contributed by atoms with Gasteiger partial charge in [0.1, 0.15) is 0 Å². The lowest BCUT2D eigenvalue weighted by molar-refractivity contribution is -0.147. The van der Waals surface area contributed by atoms with Crippen molar-refractivity contribution in [2.45, 2.75) is 0 Å². The zero-order chi connectivity index (χ0) is 11.4. The van der Waals surface area contributed by atoms with E-state index in [2.05, 4.69) is 11.8 Å². The number of nitrogens with zero attached hydrogens (tertiary/aromatic N) is 1. The summed E-state index contributed by atoms with van der Waals surface area (Å²) in [4.78, 5) is 12.6. The van der Waals surface area contributed by atoms with E-state index < -0.39 is 5.97 Å². The van der Waals surface area contributed by atoms with Crippen molar-refractivity contribution < 1.29 is 9.90 Å². The lowest BCUT2D eigenvalue weighted by Gasteiger charge is -2.34. The molecule has 1 heterocycles. The van der Waals surface area contributed by atoms with E-state index in [1.165, 1.54) is 0 Å². The van der Waals surface area contributed by atoms with Gasteiger partial charge in [-0.3, -0.25) is 9.69 Å². The summed E-state index contributed by atoms with van der Waals surface area (Å²) >= 11 is 0. The highest BCUT2D eigenvalue weighted by Gasteiger charge is 2.31. The van der Waals surface area contributed by atoms with Crippen molar-refractivity contribution in [1.82, 2.24) is 4.90 Å². The first kappa shape index (κ1) is 10.7. The Hall–Kier alpha value is -1.79. The molecular weight excluding hydrogens is 202 g/mol. The number of carboxylic acid groups (broad SMARTS) is 1. The van der Waals surface area contributed by atoms with Crippen LogP contribution in [-0.2, 0) is 4.79 Å². The van der Waals surface area contributed by atoms with Gasteiger partial charge in [-0.15, -0.1) is 0 Å². The molecule has 0 spiro atoms. The molecule has 0 aliphatic carbocycles. The Morgan fingerprint density at radius 1 is 1.38 bits per heavy atom. The van der Waals surface area contributed by atoms with Crippen LogP contribution in [-0.4, -0.2) is 35.6 Å². The molecule has 0 aromatic heterocycles. The van der Waals surface area contributed by atoms with Crippen LogP contribution in [0.1, 0.15) is 5.56 Å². The van der Waals surface area contributed by atoms with Gasteiger partial charge in [-0.25, -0.2) is 0 Å². The zero-order valence-corrected chi connectivity index (χ0v) is 8.89. The third-order valence-corrected chi connectivity index (χ3v) is 2.62. The van der Waals surface area contributed by atoms with Gasteiger partial charge in [0, 0.05) is 18.7 Å². The van der Waals surface area contributed by atoms with Crippen LogP contribution < -0.4 is 0 Å². The maximum atomic E-state index is 10.6. The molecule has 0 unspecified atom stereocenters. The zero-order valence-electron chi connectivity index (χ0n) is 8.89. The molecule has 3 heteroatoms. The average molecular weight is 215 g/mol. The number of rotatable bonds is 2. The second kappa shape index (κ2) is 4.82. The summed E-state index contributed by atoms with van der Waals surface area (Å²) in [5, 5.41) is 8.69. The fourth-order valence-corrected chi connectivity index (χ4v) is 1.63. The second-order valence-corrected chi connectivity index (χ2v) is 3.90. The van der Waals surface area contributed by atoms with Crippen LogP contribution in [0.15, 0.2) is 30.3 Å². The lowest BCUT2D eigenvalue weighted by atomic mass is 10.0. The number of hydrogen-bond donors (Lipinski definition) is 1. The number of hydrogen-bond acceptors (Lipinski definition) is 2. The number of carboxylic acids is 1. The van der Waals surface area contributed by atoms with E-state index in [1.807, 2.05) is 35.2 Å². The van der Waals surface area contributed by atoms with Crippen LogP contribution >= 0.6 is 0 Å². The van der Waals surface area contributed by atoms with E-state index in [4.69, 9.17) is 5.11 Å². The topological polar surface area (TPSA) is 40.5 Å². The molecule has 0 radical (unpaired) electrons. The quantitative estimate of drug-likeness (QED) is 0.750. The summed E-state index contributed by atoms with van der Waals surface area (Å²) in [6, 6.07) is 9.78. The van der Waals surface area contributed by atoms with Crippen molar-refractivity contribution in [3.63, 3.8) is 0 Å². The average Bonchev–Trinajstić information content (AvgIpc) is 2.22. The summed E-state index contributed by atoms with van der Waals surface area (Å²) in [6.45, 7) is 1.90. The molecule has 1 saturated heterocycles. The molecule has 2 rings (SSSR count). The Morgan fingerprint density at radius 2 is 2.06 bits per heavy atom. The first-order chi connectivity index (χ1) is 7.75. The summed E-state index contributed by atoms with van der Waals surface area (Å²) in [5.74, 6) is 5.20. The van der Waals surface area contributed by atoms with Gasteiger partial charge in [0.2, 0.25) is 0 Å². The maximum Gasteiger partial charge on any atom is 0.309 e. The standard InChI is InChI=1S/C13H13NO2/c15-13(16)12-9-14(10-12)8-4-7-11-5-2-1-3-6-11/h1-3,5-6,12H,8-10H2,(H,15,16). The Balaban J connectivity index is 1.78. The molecule has 0 bridgehead atoms. The monoisotopic (exact) mass is 215 g/mol. The van der Waals surface area contributed by atoms with Crippen molar-refractivity contribution in [2.75, 3.05) is 19.6 Å². The lowest BCUT2D eigenvalue weighted by Crippen LogP contribution is -2.50. The van der Waals surface area contributed by atoms with E-state index in [9.17, 15) is 4.79 Å². The van der Waals surface area contributed by atoms with Crippen molar-refractivity contribution in [3.8, 4) is 11.8 Å². The van der Waals surface area contributed by atoms with Gasteiger partial charge in [-0.05, 0) is 12.1 Å². The summed E-state index contributed by atoms with van der Waals surface area (Å²) in [7, 11) is 0. The molecule has 0 atom stereocenters. The molecular formula is C13H13NO2. The van der Waals surface area contributed by atoms with Crippen LogP contribution in [0, 0.1) is 17.8 Å². The highest BCUT2D eigenvalue weighted by Crippen LogP contribution is 2.14. The first-order valence-corrected chi connectivity index (χ1v) is 5.25. The Kier molecular flexibility index (Phi) is 3.23. The van der Waals surface area contributed by atoms with Gasteiger partial charge < -0.3 is 5.11 Å². The predicted octanol–water partition coefficient (Wildman–Crippen LogP) is 1.05. The summed E-state index contributed by atoms with van der Waals surface area (Å²) < 4.78 is 0. The minimum absolute atomic E-state index is 0.196. The van der Waals surface area contributed by atoms with E-state index >= 15 is 0 Å². The minimum atomic E-state index is -0.702. The third kappa shape index (κ3) is 2.62. The fraction of sp³-hybridized carbons (Fsp3) is 0.308. The number of aliphatic carboxylic acids is 1. The van der Waals surface area contributed by atoms with E-state index in [-0.39, 0.29) is 5.92 Å². The SMILES string of the molecule is O=C(O)C1CN(CC#Cc2ccccc2)C1. The smallest absolute Gasteiger partial charge is 0.309 e. The number of carbonyl (C=O) groups is 1. The molecule has 0 saturated carbocycles. The molecule has 1 aliphatic heterocycles. The van der Waals surface area contributed by atoms with Crippen LogP contribution in [0.3, 0.4) is 0 Å².